The van der Waals surface area contributed by atoms with E-state index in [2.05, 4.69) is 5.32 Å². The Hall–Kier alpha value is -2.04. The van der Waals surface area contributed by atoms with Crippen molar-refractivity contribution < 1.29 is 19.1 Å². The zero-order valence-corrected chi connectivity index (χ0v) is 10.8. The fourth-order valence-corrected chi connectivity index (χ4v) is 1.46. The van der Waals surface area contributed by atoms with Crippen LogP contribution in [0.2, 0.25) is 0 Å². The molecule has 18 heavy (non-hydrogen) atoms. The van der Waals surface area contributed by atoms with Crippen LogP contribution in [0.5, 0.6) is 5.75 Å². The quantitative estimate of drug-likeness (QED) is 0.801. The lowest BCUT2D eigenvalue weighted by atomic mass is 10.1. The maximum absolute atomic E-state index is 11.9. The smallest absolute Gasteiger partial charge is 0.325 e. The average molecular weight is 251 g/mol. The van der Waals surface area contributed by atoms with Gasteiger partial charge in [0.1, 0.15) is 12.3 Å². The number of nitrogens with one attached hydrogen (secondary N) is 1. The predicted octanol–water partition coefficient (Wildman–Crippen LogP) is 1.30. The van der Waals surface area contributed by atoms with E-state index in [4.69, 9.17) is 9.47 Å². The number of methoxy groups -OCH3 is 1. The van der Waals surface area contributed by atoms with Gasteiger partial charge in [0.05, 0.1) is 19.3 Å². The maximum Gasteiger partial charge on any atom is 0.325 e. The first-order valence-corrected chi connectivity index (χ1v) is 5.67. The van der Waals surface area contributed by atoms with Crippen LogP contribution in [0.1, 0.15) is 22.8 Å². The number of carbonyl (C=O) groups excluding carboxylic acids is 2. The SMILES string of the molecule is CCOC(=O)CNC(=O)c1cc(C)ccc1OC. The van der Waals surface area contributed by atoms with Crippen LogP contribution in [0.4, 0.5) is 0 Å². The molecule has 1 aromatic rings. The Labute approximate surface area is 106 Å². The second kappa shape index (κ2) is 6.64. The van der Waals surface area contributed by atoms with Gasteiger partial charge >= 0.3 is 5.97 Å². The van der Waals surface area contributed by atoms with E-state index in [1.165, 1.54) is 7.11 Å². The van der Waals surface area contributed by atoms with Crippen molar-refractivity contribution in [2.75, 3.05) is 20.3 Å². The van der Waals surface area contributed by atoms with Gasteiger partial charge < -0.3 is 14.8 Å². The molecule has 0 saturated heterocycles. The van der Waals surface area contributed by atoms with Gasteiger partial charge in [-0.2, -0.15) is 0 Å². The Bertz CT molecular complexity index is 443. The first-order valence-electron chi connectivity index (χ1n) is 5.67. The molecule has 1 rings (SSSR count). The lowest BCUT2D eigenvalue weighted by molar-refractivity contribution is -0.141. The number of hydrogen-bond donors (Lipinski definition) is 1. The van der Waals surface area contributed by atoms with E-state index in [1.807, 2.05) is 13.0 Å². The number of amides is 1. The summed E-state index contributed by atoms with van der Waals surface area (Å²) in [6.45, 7) is 3.73. The van der Waals surface area contributed by atoms with Crippen molar-refractivity contribution in [2.24, 2.45) is 0 Å². The van der Waals surface area contributed by atoms with Gasteiger partial charge in [0.2, 0.25) is 0 Å². The summed E-state index contributed by atoms with van der Waals surface area (Å²) in [5.74, 6) is -0.344. The van der Waals surface area contributed by atoms with Crippen molar-refractivity contribution in [1.82, 2.24) is 5.32 Å². The summed E-state index contributed by atoms with van der Waals surface area (Å²) in [6, 6.07) is 5.27. The van der Waals surface area contributed by atoms with E-state index in [9.17, 15) is 9.59 Å². The molecule has 0 saturated carbocycles. The second-order valence-electron chi connectivity index (χ2n) is 3.69. The zero-order chi connectivity index (χ0) is 13.5. The van der Waals surface area contributed by atoms with Gasteiger partial charge in [0.25, 0.3) is 5.91 Å². The molecule has 0 aliphatic heterocycles. The highest BCUT2D eigenvalue weighted by molar-refractivity contribution is 5.98. The van der Waals surface area contributed by atoms with Crippen LogP contribution in [0, 0.1) is 6.92 Å². The summed E-state index contributed by atoms with van der Waals surface area (Å²) >= 11 is 0. The molecule has 0 aliphatic rings. The molecule has 0 fully saturated rings. The predicted molar refractivity (Wildman–Crippen MR) is 66.7 cm³/mol. The molecule has 0 aliphatic carbocycles. The molecular weight excluding hydrogens is 234 g/mol. The van der Waals surface area contributed by atoms with E-state index in [0.29, 0.717) is 17.9 Å². The highest BCUT2D eigenvalue weighted by Gasteiger charge is 2.13. The first-order chi connectivity index (χ1) is 8.58. The minimum Gasteiger partial charge on any atom is -0.496 e. The molecule has 0 aromatic heterocycles. The number of hydrogen-bond acceptors (Lipinski definition) is 4. The fourth-order valence-electron chi connectivity index (χ4n) is 1.46. The maximum atomic E-state index is 11.9. The number of carbonyl (C=O) groups is 2. The Morgan fingerprint density at radius 3 is 2.67 bits per heavy atom. The van der Waals surface area contributed by atoms with Crippen LogP contribution < -0.4 is 10.1 Å². The standard InChI is InChI=1S/C13H17NO4/c1-4-18-12(15)8-14-13(16)10-7-9(2)5-6-11(10)17-3/h5-7H,4,8H2,1-3H3,(H,14,16). The van der Waals surface area contributed by atoms with E-state index in [1.54, 1.807) is 19.1 Å². The summed E-state index contributed by atoms with van der Waals surface area (Å²) < 4.78 is 9.82. The van der Waals surface area contributed by atoms with Crippen molar-refractivity contribution in [3.63, 3.8) is 0 Å². The van der Waals surface area contributed by atoms with E-state index >= 15 is 0 Å². The number of esters is 1. The normalized spacial score (nSPS) is 9.72. The molecule has 1 N–H and O–H groups in total. The van der Waals surface area contributed by atoms with Crippen LogP contribution in [0.15, 0.2) is 18.2 Å². The number of ether oxygens (including phenoxy) is 2. The Kier molecular flexibility index (Phi) is 5.17. The van der Waals surface area contributed by atoms with Crippen LogP contribution >= 0.6 is 0 Å². The van der Waals surface area contributed by atoms with Crippen molar-refractivity contribution in [1.29, 1.82) is 0 Å². The van der Waals surface area contributed by atoms with E-state index in [-0.39, 0.29) is 12.5 Å². The molecule has 0 radical (unpaired) electrons. The van der Waals surface area contributed by atoms with Crippen LogP contribution in [-0.2, 0) is 9.53 Å². The summed E-state index contributed by atoms with van der Waals surface area (Å²) in [6.07, 6.45) is 0. The second-order valence-corrected chi connectivity index (χ2v) is 3.69. The highest BCUT2D eigenvalue weighted by Crippen LogP contribution is 2.19. The Balaban J connectivity index is 2.71. The molecule has 1 amide bonds. The third-order valence-corrected chi connectivity index (χ3v) is 2.30. The molecule has 0 spiro atoms. The summed E-state index contributed by atoms with van der Waals surface area (Å²) in [4.78, 5) is 23.0. The Morgan fingerprint density at radius 1 is 1.33 bits per heavy atom. The number of benzene rings is 1. The van der Waals surface area contributed by atoms with Gasteiger partial charge in [-0.05, 0) is 26.0 Å². The fraction of sp³-hybridized carbons (Fsp3) is 0.385. The van der Waals surface area contributed by atoms with Gasteiger partial charge in [0, 0.05) is 0 Å². The number of rotatable bonds is 5. The molecule has 1 aromatic carbocycles. The summed E-state index contributed by atoms with van der Waals surface area (Å²) in [5, 5.41) is 2.49. The lowest BCUT2D eigenvalue weighted by Crippen LogP contribution is -2.30. The molecular formula is C13H17NO4. The molecule has 0 heterocycles. The Morgan fingerprint density at radius 2 is 2.06 bits per heavy atom. The van der Waals surface area contributed by atoms with E-state index in [0.717, 1.165) is 5.56 Å². The molecule has 5 heteroatoms. The largest absolute Gasteiger partial charge is 0.496 e. The summed E-state index contributed by atoms with van der Waals surface area (Å²) in [7, 11) is 1.49. The van der Waals surface area contributed by atoms with Gasteiger partial charge in [-0.15, -0.1) is 0 Å². The van der Waals surface area contributed by atoms with Crippen LogP contribution in [0.25, 0.3) is 0 Å². The third-order valence-electron chi connectivity index (χ3n) is 2.30. The zero-order valence-electron chi connectivity index (χ0n) is 10.8. The first kappa shape index (κ1) is 14.0. The van der Waals surface area contributed by atoms with Gasteiger partial charge in [0.15, 0.2) is 0 Å². The topological polar surface area (TPSA) is 64.6 Å². The monoisotopic (exact) mass is 251 g/mol. The number of aryl methyl sites for hydroxylation is 1. The van der Waals surface area contributed by atoms with Crippen molar-refractivity contribution in [3.05, 3.63) is 29.3 Å². The van der Waals surface area contributed by atoms with Gasteiger partial charge in [-0.1, -0.05) is 11.6 Å². The minimum absolute atomic E-state index is 0.149. The molecule has 98 valence electrons. The third kappa shape index (κ3) is 3.76. The lowest BCUT2D eigenvalue weighted by Gasteiger charge is -2.09. The molecule has 0 unspecified atom stereocenters. The van der Waals surface area contributed by atoms with Crippen molar-refractivity contribution in [3.8, 4) is 5.75 Å². The van der Waals surface area contributed by atoms with Crippen LogP contribution in [0.3, 0.4) is 0 Å². The van der Waals surface area contributed by atoms with Crippen molar-refractivity contribution in [2.45, 2.75) is 13.8 Å². The van der Waals surface area contributed by atoms with Gasteiger partial charge in [-0.3, -0.25) is 9.59 Å². The summed E-state index contributed by atoms with van der Waals surface area (Å²) in [5.41, 5.74) is 1.35. The van der Waals surface area contributed by atoms with E-state index < -0.39 is 5.97 Å². The molecule has 5 nitrogen and oxygen atoms in total. The van der Waals surface area contributed by atoms with Gasteiger partial charge in [-0.25, -0.2) is 0 Å². The minimum atomic E-state index is -0.461. The molecule has 0 bridgehead atoms. The van der Waals surface area contributed by atoms with Crippen LogP contribution in [-0.4, -0.2) is 32.1 Å². The van der Waals surface area contributed by atoms with Crippen molar-refractivity contribution >= 4 is 11.9 Å². The highest BCUT2D eigenvalue weighted by atomic mass is 16.5. The molecule has 0 atom stereocenters. The average Bonchev–Trinajstić information content (AvgIpc) is 2.36.